The molecule has 4 rings (SSSR count). The first kappa shape index (κ1) is 21.6. The minimum atomic E-state index is -0.696. The molecule has 0 aliphatic heterocycles. The van der Waals surface area contributed by atoms with Gasteiger partial charge in [0.2, 0.25) is 0 Å². The molecule has 164 valence electrons. The van der Waals surface area contributed by atoms with Crippen LogP contribution >= 0.6 is 0 Å². The summed E-state index contributed by atoms with van der Waals surface area (Å²) in [6.07, 6.45) is 5.01. The summed E-state index contributed by atoms with van der Waals surface area (Å²) in [4.78, 5) is 21.6. The molecule has 0 saturated heterocycles. The van der Waals surface area contributed by atoms with Crippen molar-refractivity contribution in [2.75, 3.05) is 6.61 Å². The maximum atomic E-state index is 13.9. The van der Waals surface area contributed by atoms with Gasteiger partial charge in [0.05, 0.1) is 17.9 Å². The highest BCUT2D eigenvalue weighted by atomic mass is 19.1. The van der Waals surface area contributed by atoms with Crippen LogP contribution < -0.4 is 4.74 Å². The topological polar surface area (TPSA) is 76.7 Å². The van der Waals surface area contributed by atoms with E-state index >= 15 is 0 Å². The molecule has 3 heterocycles. The van der Waals surface area contributed by atoms with Crippen molar-refractivity contribution in [3.05, 3.63) is 95.2 Å². The van der Waals surface area contributed by atoms with Gasteiger partial charge in [-0.15, -0.1) is 0 Å². The number of hydrogen-bond donors (Lipinski definition) is 1. The van der Waals surface area contributed by atoms with Gasteiger partial charge in [0.25, 0.3) is 0 Å². The predicted molar refractivity (Wildman–Crippen MR) is 114 cm³/mol. The van der Waals surface area contributed by atoms with Crippen LogP contribution in [0.25, 0.3) is 5.65 Å². The van der Waals surface area contributed by atoms with Crippen molar-refractivity contribution >= 4 is 11.4 Å². The Hall–Kier alpha value is -3.65. The maximum absolute atomic E-state index is 13.9. The van der Waals surface area contributed by atoms with E-state index in [9.17, 15) is 18.7 Å². The minimum absolute atomic E-state index is 0.0718. The van der Waals surface area contributed by atoms with Crippen molar-refractivity contribution in [3.8, 4) is 5.75 Å². The van der Waals surface area contributed by atoms with E-state index in [0.717, 1.165) is 5.56 Å². The van der Waals surface area contributed by atoms with Crippen LogP contribution in [0.3, 0.4) is 0 Å². The number of ketones is 1. The Morgan fingerprint density at radius 1 is 1.16 bits per heavy atom. The third-order valence-corrected chi connectivity index (χ3v) is 5.29. The standard InChI is InChI=1S/C24H21F2N3O3/c1-15-23(21(31)11-17(13-30)16-5-3-9-27-12-16)29-10-4-8-22(24(29)28-15)32-14-18-19(25)6-2-7-20(18)26/h2-10,12,17,30H,11,13-14H2,1H3. The van der Waals surface area contributed by atoms with Crippen LogP contribution in [0.5, 0.6) is 5.75 Å². The first-order chi connectivity index (χ1) is 15.5. The highest BCUT2D eigenvalue weighted by Crippen LogP contribution is 2.27. The Bertz CT molecular complexity index is 1240. The van der Waals surface area contributed by atoms with Gasteiger partial charge in [-0.3, -0.25) is 14.2 Å². The first-order valence-corrected chi connectivity index (χ1v) is 10.1. The molecular formula is C24H21F2N3O3. The third kappa shape index (κ3) is 4.22. The Balaban J connectivity index is 1.61. The summed E-state index contributed by atoms with van der Waals surface area (Å²) in [5, 5.41) is 9.79. The van der Waals surface area contributed by atoms with E-state index in [1.165, 1.54) is 18.2 Å². The average Bonchev–Trinajstić information content (AvgIpc) is 3.14. The van der Waals surface area contributed by atoms with Crippen molar-refractivity contribution in [1.29, 1.82) is 0 Å². The van der Waals surface area contributed by atoms with E-state index in [1.807, 2.05) is 6.07 Å². The van der Waals surface area contributed by atoms with E-state index in [0.29, 0.717) is 22.8 Å². The van der Waals surface area contributed by atoms with Crippen LogP contribution in [-0.4, -0.2) is 31.9 Å². The average molecular weight is 437 g/mol. The highest BCUT2D eigenvalue weighted by molar-refractivity contribution is 5.97. The number of fused-ring (bicyclic) bond motifs is 1. The van der Waals surface area contributed by atoms with Gasteiger partial charge in [0.1, 0.15) is 23.9 Å². The molecule has 0 amide bonds. The van der Waals surface area contributed by atoms with E-state index in [4.69, 9.17) is 4.74 Å². The fraction of sp³-hybridized carbons (Fsp3) is 0.208. The zero-order chi connectivity index (χ0) is 22.7. The van der Waals surface area contributed by atoms with Gasteiger partial charge in [-0.05, 0) is 42.8 Å². The van der Waals surface area contributed by atoms with Crippen LogP contribution in [-0.2, 0) is 6.61 Å². The predicted octanol–water partition coefficient (Wildman–Crippen LogP) is 4.24. The van der Waals surface area contributed by atoms with Gasteiger partial charge < -0.3 is 9.84 Å². The number of aryl methyl sites for hydroxylation is 1. The minimum Gasteiger partial charge on any atom is -0.485 e. The van der Waals surface area contributed by atoms with E-state index in [1.54, 1.807) is 48.1 Å². The number of aliphatic hydroxyl groups is 1. The number of aromatic nitrogens is 3. The smallest absolute Gasteiger partial charge is 0.182 e. The molecule has 0 fully saturated rings. The number of halogens is 2. The van der Waals surface area contributed by atoms with Crippen molar-refractivity contribution in [2.45, 2.75) is 25.9 Å². The highest BCUT2D eigenvalue weighted by Gasteiger charge is 2.23. The van der Waals surface area contributed by atoms with Crippen molar-refractivity contribution < 1.29 is 23.4 Å². The van der Waals surface area contributed by atoms with Crippen LogP contribution in [0.4, 0.5) is 8.78 Å². The second-order valence-corrected chi connectivity index (χ2v) is 7.39. The molecule has 0 saturated carbocycles. The van der Waals surface area contributed by atoms with Crippen LogP contribution in [0.15, 0.2) is 61.1 Å². The number of carbonyl (C=O) groups excluding carboxylic acids is 1. The summed E-state index contributed by atoms with van der Waals surface area (Å²) in [5.41, 5.74) is 1.81. The molecule has 8 heteroatoms. The molecule has 3 aromatic heterocycles. The summed E-state index contributed by atoms with van der Waals surface area (Å²) in [6.45, 7) is 1.19. The van der Waals surface area contributed by atoms with Crippen LogP contribution in [0.2, 0.25) is 0 Å². The van der Waals surface area contributed by atoms with Gasteiger partial charge in [0.15, 0.2) is 17.2 Å². The summed E-state index contributed by atoms with van der Waals surface area (Å²) in [6, 6.07) is 10.5. The quantitative estimate of drug-likeness (QED) is 0.417. The lowest BCUT2D eigenvalue weighted by molar-refractivity contribution is 0.0953. The fourth-order valence-electron chi connectivity index (χ4n) is 3.65. The number of pyridine rings is 2. The van der Waals surface area contributed by atoms with E-state index < -0.39 is 17.6 Å². The molecule has 6 nitrogen and oxygen atoms in total. The number of carbonyl (C=O) groups is 1. The third-order valence-electron chi connectivity index (χ3n) is 5.29. The molecular weight excluding hydrogens is 416 g/mol. The molecule has 0 aliphatic rings. The zero-order valence-corrected chi connectivity index (χ0v) is 17.3. The first-order valence-electron chi connectivity index (χ1n) is 10.1. The van der Waals surface area contributed by atoms with Gasteiger partial charge >= 0.3 is 0 Å². The lowest BCUT2D eigenvalue weighted by atomic mass is 9.94. The Morgan fingerprint density at radius 3 is 2.62 bits per heavy atom. The Labute approximate surface area is 183 Å². The molecule has 1 unspecified atom stereocenters. The number of rotatable bonds is 8. The van der Waals surface area contributed by atoms with Gasteiger partial charge in [-0.2, -0.15) is 0 Å². The van der Waals surface area contributed by atoms with E-state index in [2.05, 4.69) is 9.97 Å². The van der Waals surface area contributed by atoms with Gasteiger partial charge in [0, 0.05) is 30.9 Å². The second kappa shape index (κ2) is 9.23. The number of Topliss-reactive ketones (excluding diaryl/α,β-unsaturated/α-hetero) is 1. The molecule has 1 N–H and O–H groups in total. The number of nitrogens with zero attached hydrogens (tertiary/aromatic N) is 3. The molecule has 1 aromatic carbocycles. The van der Waals surface area contributed by atoms with E-state index in [-0.39, 0.29) is 31.0 Å². The molecule has 1 atom stereocenters. The number of ether oxygens (including phenoxy) is 1. The maximum Gasteiger partial charge on any atom is 0.182 e. The number of benzene rings is 1. The zero-order valence-electron chi connectivity index (χ0n) is 17.3. The lowest BCUT2D eigenvalue weighted by Crippen LogP contribution is -2.14. The number of aliphatic hydroxyl groups excluding tert-OH is 1. The largest absolute Gasteiger partial charge is 0.485 e. The van der Waals surface area contributed by atoms with Crippen molar-refractivity contribution in [3.63, 3.8) is 0 Å². The molecule has 0 aliphatic carbocycles. The second-order valence-electron chi connectivity index (χ2n) is 7.39. The molecule has 0 radical (unpaired) electrons. The van der Waals surface area contributed by atoms with Crippen LogP contribution in [0, 0.1) is 18.6 Å². The Kier molecular flexibility index (Phi) is 6.23. The summed E-state index contributed by atoms with van der Waals surface area (Å²) < 4.78 is 35.1. The fourth-order valence-corrected chi connectivity index (χ4v) is 3.65. The lowest BCUT2D eigenvalue weighted by Gasteiger charge is -2.13. The summed E-state index contributed by atoms with van der Waals surface area (Å²) in [7, 11) is 0. The Morgan fingerprint density at radius 2 is 1.94 bits per heavy atom. The summed E-state index contributed by atoms with van der Waals surface area (Å²) >= 11 is 0. The van der Waals surface area contributed by atoms with Gasteiger partial charge in [-0.1, -0.05) is 12.1 Å². The molecule has 32 heavy (non-hydrogen) atoms. The van der Waals surface area contributed by atoms with Gasteiger partial charge in [-0.25, -0.2) is 13.8 Å². The number of imidazole rings is 1. The monoisotopic (exact) mass is 437 g/mol. The SMILES string of the molecule is Cc1nc2c(OCc3c(F)cccc3F)cccn2c1C(=O)CC(CO)c1cccnc1. The molecule has 0 bridgehead atoms. The molecule has 0 spiro atoms. The van der Waals surface area contributed by atoms with Crippen molar-refractivity contribution in [1.82, 2.24) is 14.4 Å². The normalized spacial score (nSPS) is 12.1. The number of hydrogen-bond acceptors (Lipinski definition) is 5. The van der Waals surface area contributed by atoms with Crippen LogP contribution in [0.1, 0.15) is 39.6 Å². The summed E-state index contributed by atoms with van der Waals surface area (Å²) in [5.74, 6) is -1.70. The molecule has 4 aromatic rings. The van der Waals surface area contributed by atoms with Crippen molar-refractivity contribution in [2.24, 2.45) is 0 Å².